The Morgan fingerprint density at radius 3 is 2.95 bits per heavy atom. The normalized spacial score (nSPS) is 21.5. The maximum absolute atomic E-state index is 12.2. The fourth-order valence-electron chi connectivity index (χ4n) is 2.66. The standard InChI is InChI=1S/C14H23N3O3S2/c1-11(14(18)15-9-13-6-4-8-21-13)17-7-3-5-12(10-17)16-22(2,19)20/h4,6,8,11-12,16H,3,5,7,9-10H2,1-2H3,(H,15,18). The van der Waals surface area contributed by atoms with E-state index in [1.807, 2.05) is 29.3 Å². The van der Waals surface area contributed by atoms with E-state index in [1.54, 1.807) is 11.3 Å². The molecule has 2 N–H and O–H groups in total. The number of hydrogen-bond donors (Lipinski definition) is 2. The lowest BCUT2D eigenvalue weighted by Crippen LogP contribution is -2.53. The molecular formula is C14H23N3O3S2. The highest BCUT2D eigenvalue weighted by Crippen LogP contribution is 2.14. The van der Waals surface area contributed by atoms with Gasteiger partial charge in [0, 0.05) is 17.5 Å². The quantitative estimate of drug-likeness (QED) is 0.798. The Hall–Kier alpha value is -0.960. The van der Waals surface area contributed by atoms with E-state index in [1.165, 1.54) is 6.26 Å². The minimum atomic E-state index is -3.21. The van der Waals surface area contributed by atoms with Gasteiger partial charge in [0.15, 0.2) is 0 Å². The van der Waals surface area contributed by atoms with Gasteiger partial charge in [-0.2, -0.15) is 0 Å². The summed E-state index contributed by atoms with van der Waals surface area (Å²) in [5, 5.41) is 4.92. The number of sulfonamides is 1. The van der Waals surface area contributed by atoms with Crippen LogP contribution in [0.2, 0.25) is 0 Å². The first-order valence-electron chi connectivity index (χ1n) is 7.36. The molecule has 2 rings (SSSR count). The van der Waals surface area contributed by atoms with Crippen LogP contribution in [0, 0.1) is 0 Å². The second kappa shape index (κ2) is 7.54. The summed E-state index contributed by atoms with van der Waals surface area (Å²) in [6.45, 7) is 3.79. The van der Waals surface area contributed by atoms with Gasteiger partial charge in [-0.05, 0) is 37.8 Å². The average molecular weight is 345 g/mol. The average Bonchev–Trinajstić information content (AvgIpc) is 2.95. The van der Waals surface area contributed by atoms with Crippen molar-refractivity contribution in [3.63, 3.8) is 0 Å². The van der Waals surface area contributed by atoms with Crippen molar-refractivity contribution in [1.82, 2.24) is 14.9 Å². The molecule has 0 spiro atoms. The van der Waals surface area contributed by atoms with Gasteiger partial charge in [-0.3, -0.25) is 9.69 Å². The fourth-order valence-corrected chi connectivity index (χ4v) is 4.10. The molecule has 1 saturated heterocycles. The lowest BCUT2D eigenvalue weighted by atomic mass is 10.0. The lowest BCUT2D eigenvalue weighted by Gasteiger charge is -2.36. The molecule has 0 aromatic carbocycles. The summed E-state index contributed by atoms with van der Waals surface area (Å²) < 4.78 is 25.3. The molecule has 0 saturated carbocycles. The molecule has 8 heteroatoms. The summed E-state index contributed by atoms with van der Waals surface area (Å²) in [5.41, 5.74) is 0. The van der Waals surface area contributed by atoms with E-state index in [4.69, 9.17) is 0 Å². The van der Waals surface area contributed by atoms with Crippen molar-refractivity contribution >= 4 is 27.3 Å². The molecule has 1 aromatic rings. The van der Waals surface area contributed by atoms with Crippen LogP contribution in [-0.4, -0.2) is 50.7 Å². The third-order valence-electron chi connectivity index (χ3n) is 3.78. The minimum absolute atomic E-state index is 0.0200. The van der Waals surface area contributed by atoms with E-state index >= 15 is 0 Å². The van der Waals surface area contributed by atoms with Crippen LogP contribution in [0.25, 0.3) is 0 Å². The Morgan fingerprint density at radius 2 is 2.32 bits per heavy atom. The number of rotatable bonds is 6. The first-order chi connectivity index (χ1) is 10.3. The highest BCUT2D eigenvalue weighted by molar-refractivity contribution is 7.88. The summed E-state index contributed by atoms with van der Waals surface area (Å²) in [5.74, 6) is -0.0200. The van der Waals surface area contributed by atoms with E-state index < -0.39 is 10.0 Å². The van der Waals surface area contributed by atoms with Crippen LogP contribution in [0.5, 0.6) is 0 Å². The smallest absolute Gasteiger partial charge is 0.237 e. The number of likely N-dealkylation sites (tertiary alicyclic amines) is 1. The maximum Gasteiger partial charge on any atom is 0.237 e. The van der Waals surface area contributed by atoms with Crippen molar-refractivity contribution in [1.29, 1.82) is 0 Å². The maximum atomic E-state index is 12.2. The van der Waals surface area contributed by atoms with Crippen LogP contribution in [0.15, 0.2) is 17.5 Å². The summed E-state index contributed by atoms with van der Waals surface area (Å²) in [6.07, 6.45) is 2.87. The highest BCUT2D eigenvalue weighted by Gasteiger charge is 2.28. The van der Waals surface area contributed by atoms with Gasteiger partial charge in [-0.15, -0.1) is 11.3 Å². The van der Waals surface area contributed by atoms with Gasteiger partial charge in [-0.25, -0.2) is 13.1 Å². The second-order valence-corrected chi connectivity index (χ2v) is 8.51. The highest BCUT2D eigenvalue weighted by atomic mass is 32.2. The fraction of sp³-hybridized carbons (Fsp3) is 0.643. The molecule has 2 unspecified atom stereocenters. The van der Waals surface area contributed by atoms with E-state index in [9.17, 15) is 13.2 Å². The van der Waals surface area contributed by atoms with Crippen molar-refractivity contribution < 1.29 is 13.2 Å². The number of hydrogen-bond acceptors (Lipinski definition) is 5. The van der Waals surface area contributed by atoms with Gasteiger partial charge in [-0.1, -0.05) is 6.07 Å². The first kappa shape index (κ1) is 17.4. The monoisotopic (exact) mass is 345 g/mol. The van der Waals surface area contributed by atoms with Crippen LogP contribution >= 0.6 is 11.3 Å². The molecule has 22 heavy (non-hydrogen) atoms. The predicted molar refractivity (Wildman–Crippen MR) is 88.2 cm³/mol. The van der Waals surface area contributed by atoms with Crippen molar-refractivity contribution in [3.05, 3.63) is 22.4 Å². The van der Waals surface area contributed by atoms with Gasteiger partial charge in [0.05, 0.1) is 18.8 Å². The first-order valence-corrected chi connectivity index (χ1v) is 10.1. The predicted octanol–water partition coefficient (Wildman–Crippen LogP) is 0.766. The molecule has 0 aliphatic carbocycles. The largest absolute Gasteiger partial charge is 0.350 e. The third-order valence-corrected chi connectivity index (χ3v) is 5.42. The van der Waals surface area contributed by atoms with Gasteiger partial charge < -0.3 is 5.32 Å². The molecule has 124 valence electrons. The van der Waals surface area contributed by atoms with Crippen LogP contribution in [0.1, 0.15) is 24.6 Å². The zero-order valence-electron chi connectivity index (χ0n) is 12.9. The molecule has 0 radical (unpaired) electrons. The Labute approximate surface area is 135 Å². The van der Waals surface area contributed by atoms with Crippen molar-refractivity contribution in [2.24, 2.45) is 0 Å². The Kier molecular flexibility index (Phi) is 5.96. The molecule has 1 aromatic heterocycles. The molecular weight excluding hydrogens is 322 g/mol. The van der Waals surface area contributed by atoms with Gasteiger partial charge in [0.1, 0.15) is 0 Å². The van der Waals surface area contributed by atoms with Crippen LogP contribution in [0.4, 0.5) is 0 Å². The topological polar surface area (TPSA) is 78.5 Å². The summed E-state index contributed by atoms with van der Waals surface area (Å²) in [6, 6.07) is 3.57. The molecule has 1 amide bonds. The lowest BCUT2D eigenvalue weighted by molar-refractivity contribution is -0.126. The number of nitrogens with one attached hydrogen (secondary N) is 2. The zero-order valence-corrected chi connectivity index (χ0v) is 14.5. The minimum Gasteiger partial charge on any atom is -0.350 e. The number of carbonyl (C=O) groups excluding carboxylic acids is 1. The second-order valence-electron chi connectivity index (χ2n) is 5.70. The Balaban J connectivity index is 1.85. The molecule has 1 aliphatic rings. The van der Waals surface area contributed by atoms with Crippen molar-refractivity contribution in [2.75, 3.05) is 19.3 Å². The molecule has 6 nitrogen and oxygen atoms in total. The molecule has 2 atom stereocenters. The van der Waals surface area contributed by atoms with Crippen LogP contribution < -0.4 is 10.0 Å². The van der Waals surface area contributed by atoms with Crippen LogP contribution in [-0.2, 0) is 21.4 Å². The summed E-state index contributed by atoms with van der Waals surface area (Å²) >= 11 is 1.61. The Morgan fingerprint density at radius 1 is 1.55 bits per heavy atom. The van der Waals surface area contributed by atoms with Crippen molar-refractivity contribution in [2.45, 2.75) is 38.4 Å². The summed E-state index contributed by atoms with van der Waals surface area (Å²) in [7, 11) is -3.21. The van der Waals surface area contributed by atoms with E-state index in [2.05, 4.69) is 10.0 Å². The molecule has 0 bridgehead atoms. The molecule has 2 heterocycles. The van der Waals surface area contributed by atoms with E-state index in [0.29, 0.717) is 13.1 Å². The number of nitrogens with zero attached hydrogens (tertiary/aromatic N) is 1. The molecule has 1 fully saturated rings. The van der Waals surface area contributed by atoms with E-state index in [0.717, 1.165) is 24.3 Å². The van der Waals surface area contributed by atoms with Gasteiger partial charge in [0.2, 0.25) is 15.9 Å². The SMILES string of the molecule is CC(C(=O)NCc1cccs1)N1CCCC(NS(C)(=O)=O)C1. The van der Waals surface area contributed by atoms with Crippen LogP contribution in [0.3, 0.4) is 0 Å². The zero-order chi connectivity index (χ0) is 16.2. The van der Waals surface area contributed by atoms with Gasteiger partial charge in [0.25, 0.3) is 0 Å². The Bertz CT molecular complexity index is 586. The third kappa shape index (κ3) is 5.35. The number of piperidine rings is 1. The number of thiophene rings is 1. The number of amides is 1. The number of carbonyl (C=O) groups is 1. The van der Waals surface area contributed by atoms with E-state index in [-0.39, 0.29) is 18.0 Å². The summed E-state index contributed by atoms with van der Waals surface area (Å²) in [4.78, 5) is 15.4. The van der Waals surface area contributed by atoms with Gasteiger partial charge >= 0.3 is 0 Å². The van der Waals surface area contributed by atoms with Crippen molar-refractivity contribution in [3.8, 4) is 0 Å². The molecule has 1 aliphatic heterocycles.